The summed E-state index contributed by atoms with van der Waals surface area (Å²) in [5.74, 6) is 0. The van der Waals surface area contributed by atoms with Gasteiger partial charge < -0.3 is 4.42 Å². The average molecular weight is 587 g/mol. The summed E-state index contributed by atoms with van der Waals surface area (Å²) in [6.45, 7) is 4.70. The van der Waals surface area contributed by atoms with E-state index in [1.165, 1.54) is 87.6 Å². The molecule has 0 spiro atoms. The van der Waals surface area contributed by atoms with Crippen LogP contribution in [0.5, 0.6) is 0 Å². The SMILES string of the molecule is CC1(C)c2ccc(-c3c4ccccc4c(-c4ccccc4)c4ccccc34)cc2-c2ccc3c(oc4ccc5ccccc5c43)c21. The number of fused-ring (bicyclic) bond motifs is 11. The molecule has 0 N–H and O–H groups in total. The molecule has 10 rings (SSSR count). The minimum Gasteiger partial charge on any atom is -0.456 e. The molecule has 1 nitrogen and oxygen atoms in total. The van der Waals surface area contributed by atoms with Gasteiger partial charge in [0.2, 0.25) is 0 Å². The molecule has 46 heavy (non-hydrogen) atoms. The molecule has 9 aromatic rings. The van der Waals surface area contributed by atoms with Crippen LogP contribution in [0, 0.1) is 0 Å². The Morgan fingerprint density at radius 2 is 1.07 bits per heavy atom. The zero-order valence-electron chi connectivity index (χ0n) is 25.8. The zero-order chi connectivity index (χ0) is 30.6. The van der Waals surface area contributed by atoms with E-state index in [0.29, 0.717) is 0 Å². The molecule has 0 bridgehead atoms. The molecule has 0 radical (unpaired) electrons. The molecule has 8 aromatic carbocycles. The summed E-state index contributed by atoms with van der Waals surface area (Å²) in [7, 11) is 0. The van der Waals surface area contributed by atoms with E-state index in [1.807, 2.05) is 0 Å². The van der Waals surface area contributed by atoms with Crippen molar-refractivity contribution in [2.45, 2.75) is 19.3 Å². The number of hydrogen-bond acceptors (Lipinski definition) is 1. The van der Waals surface area contributed by atoms with Crippen molar-refractivity contribution in [1.29, 1.82) is 0 Å². The first-order chi connectivity index (χ1) is 22.6. The molecule has 0 saturated carbocycles. The molecule has 0 saturated heterocycles. The number of hydrogen-bond donors (Lipinski definition) is 0. The van der Waals surface area contributed by atoms with Gasteiger partial charge in [0.15, 0.2) is 0 Å². The Morgan fingerprint density at radius 3 is 1.76 bits per heavy atom. The summed E-state index contributed by atoms with van der Waals surface area (Å²) in [6.07, 6.45) is 0. The van der Waals surface area contributed by atoms with Crippen LogP contribution in [-0.4, -0.2) is 0 Å². The van der Waals surface area contributed by atoms with Crippen LogP contribution in [0.1, 0.15) is 25.0 Å². The van der Waals surface area contributed by atoms with Gasteiger partial charge in [-0.3, -0.25) is 0 Å². The molecule has 1 aliphatic rings. The lowest BCUT2D eigenvalue weighted by molar-refractivity contribution is 0.620. The van der Waals surface area contributed by atoms with E-state index >= 15 is 0 Å². The van der Waals surface area contributed by atoms with Gasteiger partial charge in [0.1, 0.15) is 11.2 Å². The van der Waals surface area contributed by atoms with Gasteiger partial charge in [-0.1, -0.05) is 141 Å². The molecule has 0 atom stereocenters. The quantitative estimate of drug-likeness (QED) is 0.184. The Balaban J connectivity index is 1.25. The third-order valence-electron chi connectivity index (χ3n) is 10.4. The second kappa shape index (κ2) is 9.19. The highest BCUT2D eigenvalue weighted by atomic mass is 16.3. The lowest BCUT2D eigenvalue weighted by Gasteiger charge is -2.22. The van der Waals surface area contributed by atoms with E-state index in [2.05, 4.69) is 159 Å². The minimum atomic E-state index is -0.201. The van der Waals surface area contributed by atoms with Gasteiger partial charge in [-0.2, -0.15) is 0 Å². The zero-order valence-corrected chi connectivity index (χ0v) is 25.8. The van der Waals surface area contributed by atoms with Crippen molar-refractivity contribution in [2.75, 3.05) is 0 Å². The smallest absolute Gasteiger partial charge is 0.140 e. The second-order valence-electron chi connectivity index (χ2n) is 13.2. The van der Waals surface area contributed by atoms with Gasteiger partial charge in [-0.15, -0.1) is 0 Å². The Hall–Kier alpha value is -5.66. The molecule has 1 aromatic heterocycles. The van der Waals surface area contributed by atoms with Crippen LogP contribution in [0.4, 0.5) is 0 Å². The van der Waals surface area contributed by atoms with Crippen molar-refractivity contribution >= 4 is 54.3 Å². The summed E-state index contributed by atoms with van der Waals surface area (Å²) >= 11 is 0. The number of furan rings is 1. The van der Waals surface area contributed by atoms with Gasteiger partial charge in [0, 0.05) is 21.8 Å². The Kier molecular flexibility index (Phi) is 5.12. The normalized spacial score (nSPS) is 13.6. The summed E-state index contributed by atoms with van der Waals surface area (Å²) in [6, 6.07) is 53.3. The van der Waals surface area contributed by atoms with E-state index in [1.54, 1.807) is 0 Å². The van der Waals surface area contributed by atoms with Crippen molar-refractivity contribution in [3.63, 3.8) is 0 Å². The van der Waals surface area contributed by atoms with E-state index in [9.17, 15) is 0 Å². The number of benzene rings is 8. The lowest BCUT2D eigenvalue weighted by Crippen LogP contribution is -2.15. The van der Waals surface area contributed by atoms with Gasteiger partial charge in [0.05, 0.1) is 0 Å². The number of rotatable bonds is 2. The standard InChI is InChI=1S/C45H30O/c1-45(2)38-24-20-29(41-33-18-10-8-16-31(33)40(28-13-4-3-5-14-28)32-17-9-11-19-34(32)41)26-37(38)35-22-23-36-42-30-15-7-6-12-27(30)21-25-39(42)46-44(36)43(35)45/h3-26H,1-2H3. The molecule has 0 fully saturated rings. The first-order valence-electron chi connectivity index (χ1n) is 16.1. The predicted octanol–water partition coefficient (Wildman–Crippen LogP) is 12.7. The summed E-state index contributed by atoms with van der Waals surface area (Å²) in [5, 5.41) is 9.99. The lowest BCUT2D eigenvalue weighted by atomic mass is 9.81. The van der Waals surface area contributed by atoms with Gasteiger partial charge in [0.25, 0.3) is 0 Å². The molecule has 0 amide bonds. The first-order valence-corrected chi connectivity index (χ1v) is 16.1. The van der Waals surface area contributed by atoms with E-state index in [0.717, 1.165) is 11.2 Å². The third-order valence-corrected chi connectivity index (χ3v) is 10.4. The molecular formula is C45H30O. The molecular weight excluding hydrogens is 556 g/mol. The Labute approximate surface area is 267 Å². The maximum atomic E-state index is 6.76. The molecule has 1 heteroatoms. The first kappa shape index (κ1) is 25.6. The predicted molar refractivity (Wildman–Crippen MR) is 195 cm³/mol. The summed E-state index contributed by atoms with van der Waals surface area (Å²) in [5.41, 5.74) is 12.0. The van der Waals surface area contributed by atoms with Crippen LogP contribution in [0.3, 0.4) is 0 Å². The van der Waals surface area contributed by atoms with E-state index < -0.39 is 0 Å². The minimum absolute atomic E-state index is 0.201. The molecule has 0 aliphatic heterocycles. The highest BCUT2D eigenvalue weighted by molar-refractivity contribution is 6.22. The van der Waals surface area contributed by atoms with Crippen molar-refractivity contribution in [3.05, 3.63) is 157 Å². The topological polar surface area (TPSA) is 13.1 Å². The van der Waals surface area contributed by atoms with Crippen molar-refractivity contribution in [1.82, 2.24) is 0 Å². The average Bonchev–Trinajstić information content (AvgIpc) is 3.59. The maximum absolute atomic E-state index is 6.76. The fourth-order valence-electron chi connectivity index (χ4n) is 8.41. The fourth-order valence-corrected chi connectivity index (χ4v) is 8.41. The monoisotopic (exact) mass is 586 g/mol. The van der Waals surface area contributed by atoms with Crippen molar-refractivity contribution in [3.8, 4) is 33.4 Å². The molecule has 216 valence electrons. The largest absolute Gasteiger partial charge is 0.456 e. The van der Waals surface area contributed by atoms with Crippen LogP contribution in [0.25, 0.3) is 87.6 Å². The third kappa shape index (κ3) is 3.35. The Bertz CT molecular complexity index is 2650. The highest BCUT2D eigenvalue weighted by Crippen LogP contribution is 2.54. The maximum Gasteiger partial charge on any atom is 0.140 e. The molecule has 0 unspecified atom stereocenters. The fraction of sp³-hybridized carbons (Fsp3) is 0.0667. The van der Waals surface area contributed by atoms with Crippen LogP contribution in [0.15, 0.2) is 150 Å². The van der Waals surface area contributed by atoms with Gasteiger partial charge in [-0.25, -0.2) is 0 Å². The van der Waals surface area contributed by atoms with Crippen LogP contribution in [-0.2, 0) is 5.41 Å². The van der Waals surface area contributed by atoms with Crippen LogP contribution < -0.4 is 0 Å². The van der Waals surface area contributed by atoms with Crippen molar-refractivity contribution < 1.29 is 4.42 Å². The van der Waals surface area contributed by atoms with Gasteiger partial charge >= 0.3 is 0 Å². The van der Waals surface area contributed by atoms with Crippen molar-refractivity contribution in [2.24, 2.45) is 0 Å². The highest BCUT2D eigenvalue weighted by Gasteiger charge is 2.39. The van der Waals surface area contributed by atoms with Gasteiger partial charge in [-0.05, 0) is 89.5 Å². The summed E-state index contributed by atoms with van der Waals surface area (Å²) < 4.78 is 6.76. The molecule has 1 heterocycles. The van der Waals surface area contributed by atoms with Crippen LogP contribution in [0.2, 0.25) is 0 Å². The van der Waals surface area contributed by atoms with E-state index in [4.69, 9.17) is 4.42 Å². The molecule has 1 aliphatic carbocycles. The second-order valence-corrected chi connectivity index (χ2v) is 13.2. The van der Waals surface area contributed by atoms with Crippen LogP contribution >= 0.6 is 0 Å². The summed E-state index contributed by atoms with van der Waals surface area (Å²) in [4.78, 5) is 0. The Morgan fingerprint density at radius 1 is 0.457 bits per heavy atom. The van der Waals surface area contributed by atoms with E-state index in [-0.39, 0.29) is 5.41 Å².